The third kappa shape index (κ3) is 2.68. The normalized spacial score (nSPS) is 25.7. The zero-order valence-electron chi connectivity index (χ0n) is 9.26. The van der Waals surface area contributed by atoms with E-state index in [4.69, 9.17) is 10.5 Å². The van der Waals surface area contributed by atoms with Crippen molar-refractivity contribution in [2.45, 2.75) is 38.0 Å². The highest BCUT2D eigenvalue weighted by Gasteiger charge is 2.29. The van der Waals surface area contributed by atoms with Gasteiger partial charge in [0.05, 0.1) is 18.8 Å². The lowest BCUT2D eigenvalue weighted by atomic mass is 9.92. The highest BCUT2D eigenvalue weighted by Crippen LogP contribution is 2.18. The quantitative estimate of drug-likeness (QED) is 0.841. The van der Waals surface area contributed by atoms with Gasteiger partial charge in [0.25, 0.3) is 0 Å². The largest absolute Gasteiger partial charge is 0.371 e. The van der Waals surface area contributed by atoms with Gasteiger partial charge in [0, 0.05) is 6.42 Å². The molecule has 0 saturated heterocycles. The minimum absolute atomic E-state index is 0.110. The first-order chi connectivity index (χ1) is 7.77. The molecular formula is C13H17NO2. The molecule has 0 aliphatic heterocycles. The Bertz CT molecular complexity index is 350. The molecule has 2 atom stereocenters. The molecule has 1 aromatic rings. The molecule has 86 valence electrons. The highest BCUT2D eigenvalue weighted by atomic mass is 16.5. The summed E-state index contributed by atoms with van der Waals surface area (Å²) >= 11 is 0. The number of rotatable bonds is 3. The standard InChI is InChI=1S/C13H17NO2/c14-13-11(15)7-4-8-12(13)16-9-10-5-2-1-3-6-10/h1-3,5-6,12-13H,4,7-9,14H2. The number of benzene rings is 1. The Balaban J connectivity index is 1.88. The first kappa shape index (κ1) is 11.3. The second kappa shape index (κ2) is 5.23. The molecule has 2 rings (SSSR count). The topological polar surface area (TPSA) is 52.3 Å². The molecule has 1 aromatic carbocycles. The van der Waals surface area contributed by atoms with E-state index in [0.717, 1.165) is 18.4 Å². The van der Waals surface area contributed by atoms with Crippen LogP contribution in [0.15, 0.2) is 30.3 Å². The van der Waals surface area contributed by atoms with Crippen LogP contribution < -0.4 is 5.73 Å². The van der Waals surface area contributed by atoms with Gasteiger partial charge in [0.2, 0.25) is 0 Å². The molecule has 3 nitrogen and oxygen atoms in total. The molecule has 1 saturated carbocycles. The number of hydrogen-bond acceptors (Lipinski definition) is 3. The molecule has 16 heavy (non-hydrogen) atoms. The van der Waals surface area contributed by atoms with E-state index in [1.807, 2.05) is 30.3 Å². The first-order valence-corrected chi connectivity index (χ1v) is 5.71. The molecule has 2 N–H and O–H groups in total. The van der Waals surface area contributed by atoms with Crippen LogP contribution in [0.25, 0.3) is 0 Å². The molecule has 0 radical (unpaired) electrons. The predicted molar refractivity (Wildman–Crippen MR) is 61.9 cm³/mol. The second-order valence-corrected chi connectivity index (χ2v) is 4.22. The Hall–Kier alpha value is -1.19. The minimum atomic E-state index is -0.433. The van der Waals surface area contributed by atoms with Crippen LogP contribution in [0.2, 0.25) is 0 Å². The van der Waals surface area contributed by atoms with Crippen molar-refractivity contribution in [2.24, 2.45) is 5.73 Å². The summed E-state index contributed by atoms with van der Waals surface area (Å²) in [7, 11) is 0. The van der Waals surface area contributed by atoms with Crippen LogP contribution in [-0.4, -0.2) is 17.9 Å². The van der Waals surface area contributed by atoms with Crippen LogP contribution in [0.1, 0.15) is 24.8 Å². The molecule has 0 aromatic heterocycles. The predicted octanol–water partition coefficient (Wildman–Crippen LogP) is 1.65. The Labute approximate surface area is 95.6 Å². The van der Waals surface area contributed by atoms with E-state index < -0.39 is 6.04 Å². The summed E-state index contributed by atoms with van der Waals surface area (Å²) < 4.78 is 5.71. The number of carbonyl (C=O) groups is 1. The van der Waals surface area contributed by atoms with Crippen molar-refractivity contribution in [1.29, 1.82) is 0 Å². The van der Waals surface area contributed by atoms with Gasteiger partial charge in [0.15, 0.2) is 5.78 Å². The van der Waals surface area contributed by atoms with Crippen LogP contribution in [0, 0.1) is 0 Å². The summed E-state index contributed by atoms with van der Waals surface area (Å²) in [6.07, 6.45) is 2.28. The van der Waals surface area contributed by atoms with E-state index in [1.54, 1.807) is 0 Å². The molecule has 2 unspecified atom stereocenters. The van der Waals surface area contributed by atoms with Crippen molar-refractivity contribution in [1.82, 2.24) is 0 Å². The fraction of sp³-hybridized carbons (Fsp3) is 0.462. The van der Waals surface area contributed by atoms with Crippen molar-refractivity contribution in [3.05, 3.63) is 35.9 Å². The number of hydrogen-bond donors (Lipinski definition) is 1. The zero-order valence-corrected chi connectivity index (χ0v) is 9.26. The van der Waals surface area contributed by atoms with E-state index in [0.29, 0.717) is 13.0 Å². The van der Waals surface area contributed by atoms with Crippen LogP contribution in [0.4, 0.5) is 0 Å². The number of ether oxygens (including phenoxy) is 1. The third-order valence-electron chi connectivity index (χ3n) is 2.99. The molecule has 0 spiro atoms. The van der Waals surface area contributed by atoms with Gasteiger partial charge in [0.1, 0.15) is 0 Å². The average molecular weight is 219 g/mol. The monoisotopic (exact) mass is 219 g/mol. The van der Waals surface area contributed by atoms with Gasteiger partial charge in [-0.05, 0) is 18.4 Å². The lowest BCUT2D eigenvalue weighted by Gasteiger charge is -2.27. The summed E-state index contributed by atoms with van der Waals surface area (Å²) in [5.74, 6) is 0.129. The summed E-state index contributed by atoms with van der Waals surface area (Å²) in [5, 5.41) is 0. The van der Waals surface area contributed by atoms with Gasteiger partial charge in [-0.2, -0.15) is 0 Å². The number of ketones is 1. The smallest absolute Gasteiger partial charge is 0.152 e. The molecule has 3 heteroatoms. The average Bonchev–Trinajstić information content (AvgIpc) is 2.32. The lowest BCUT2D eigenvalue weighted by Crippen LogP contribution is -2.46. The van der Waals surface area contributed by atoms with Crippen molar-refractivity contribution in [3.63, 3.8) is 0 Å². The Morgan fingerprint density at radius 3 is 2.81 bits per heavy atom. The minimum Gasteiger partial charge on any atom is -0.371 e. The van der Waals surface area contributed by atoms with Gasteiger partial charge in [-0.3, -0.25) is 4.79 Å². The fourth-order valence-electron chi connectivity index (χ4n) is 2.00. The SMILES string of the molecule is NC1C(=O)CCCC1OCc1ccccc1. The van der Waals surface area contributed by atoms with Crippen molar-refractivity contribution in [2.75, 3.05) is 0 Å². The molecular weight excluding hydrogens is 202 g/mol. The van der Waals surface area contributed by atoms with E-state index in [1.165, 1.54) is 0 Å². The number of nitrogens with two attached hydrogens (primary N) is 1. The molecule has 0 amide bonds. The van der Waals surface area contributed by atoms with Crippen LogP contribution >= 0.6 is 0 Å². The first-order valence-electron chi connectivity index (χ1n) is 5.71. The van der Waals surface area contributed by atoms with Gasteiger partial charge < -0.3 is 10.5 Å². The van der Waals surface area contributed by atoms with Gasteiger partial charge in [-0.15, -0.1) is 0 Å². The van der Waals surface area contributed by atoms with Gasteiger partial charge >= 0.3 is 0 Å². The van der Waals surface area contributed by atoms with Crippen molar-refractivity contribution in [3.8, 4) is 0 Å². The van der Waals surface area contributed by atoms with Gasteiger partial charge in [-0.25, -0.2) is 0 Å². The molecule has 0 heterocycles. The van der Waals surface area contributed by atoms with E-state index in [2.05, 4.69) is 0 Å². The van der Waals surface area contributed by atoms with E-state index in [-0.39, 0.29) is 11.9 Å². The molecule has 1 aliphatic rings. The summed E-state index contributed by atoms with van der Waals surface area (Å²) in [6, 6.07) is 9.51. The summed E-state index contributed by atoms with van der Waals surface area (Å²) in [5.41, 5.74) is 6.93. The second-order valence-electron chi connectivity index (χ2n) is 4.22. The van der Waals surface area contributed by atoms with Crippen LogP contribution in [-0.2, 0) is 16.1 Å². The zero-order chi connectivity index (χ0) is 11.4. The molecule has 1 aliphatic carbocycles. The lowest BCUT2D eigenvalue weighted by molar-refractivity contribution is -0.127. The summed E-state index contributed by atoms with van der Waals surface area (Å²) in [6.45, 7) is 0.534. The number of Topliss-reactive ketones (excluding diaryl/α,β-unsaturated/α-hetero) is 1. The maximum Gasteiger partial charge on any atom is 0.152 e. The molecule has 1 fully saturated rings. The highest BCUT2D eigenvalue weighted by molar-refractivity contribution is 5.85. The summed E-state index contributed by atoms with van der Waals surface area (Å²) in [4.78, 5) is 11.4. The van der Waals surface area contributed by atoms with Crippen molar-refractivity contribution < 1.29 is 9.53 Å². The number of carbonyl (C=O) groups excluding carboxylic acids is 1. The third-order valence-corrected chi connectivity index (χ3v) is 2.99. The van der Waals surface area contributed by atoms with Crippen LogP contribution in [0.5, 0.6) is 0 Å². The molecule has 0 bridgehead atoms. The maximum atomic E-state index is 11.4. The van der Waals surface area contributed by atoms with E-state index >= 15 is 0 Å². The Kier molecular flexibility index (Phi) is 3.70. The fourth-order valence-corrected chi connectivity index (χ4v) is 2.00. The van der Waals surface area contributed by atoms with Gasteiger partial charge in [-0.1, -0.05) is 30.3 Å². The van der Waals surface area contributed by atoms with Crippen molar-refractivity contribution >= 4 is 5.78 Å². The van der Waals surface area contributed by atoms with Crippen LogP contribution in [0.3, 0.4) is 0 Å². The van der Waals surface area contributed by atoms with E-state index in [9.17, 15) is 4.79 Å². The Morgan fingerprint density at radius 2 is 2.06 bits per heavy atom. The Morgan fingerprint density at radius 1 is 1.31 bits per heavy atom. The maximum absolute atomic E-state index is 11.4.